The molecule has 1 rings (SSSR count). The minimum Gasteiger partial charge on any atom is -0.484 e. The molecule has 0 bridgehead atoms. The molecule has 102 valence electrons. The first-order valence-corrected chi connectivity index (χ1v) is 6.29. The number of hydrogen-bond donors (Lipinski definition) is 2. The predicted octanol–water partition coefficient (Wildman–Crippen LogP) is 2.48. The van der Waals surface area contributed by atoms with Gasteiger partial charge >= 0.3 is 0 Å². The van der Waals surface area contributed by atoms with E-state index in [9.17, 15) is 4.79 Å². The van der Waals surface area contributed by atoms with Gasteiger partial charge in [0.05, 0.1) is 4.99 Å². The molecule has 1 amide bonds. The van der Waals surface area contributed by atoms with Crippen LogP contribution < -0.4 is 15.6 Å². The zero-order valence-corrected chi connectivity index (χ0v) is 11.5. The summed E-state index contributed by atoms with van der Waals surface area (Å²) in [7, 11) is 0. The summed E-state index contributed by atoms with van der Waals surface area (Å²) >= 11 is 4.76. The molecule has 0 saturated heterocycles. The maximum atomic E-state index is 11.3. The third-order valence-electron chi connectivity index (χ3n) is 2.21. The van der Waals surface area contributed by atoms with Gasteiger partial charge in [-0.15, -0.1) is 0 Å². The van der Waals surface area contributed by atoms with Crippen molar-refractivity contribution in [1.29, 1.82) is 0 Å². The lowest BCUT2D eigenvalue weighted by Crippen LogP contribution is -2.42. The minimum absolute atomic E-state index is 0. The minimum atomic E-state index is -0.267. The van der Waals surface area contributed by atoms with Gasteiger partial charge in [-0.25, -0.2) is 0 Å². The maximum Gasteiger partial charge on any atom is 0.276 e. The predicted molar refractivity (Wildman–Crippen MR) is 79.7 cm³/mol. The van der Waals surface area contributed by atoms with Crippen molar-refractivity contribution >= 4 is 23.1 Å². The Hall–Kier alpha value is -1.62. The lowest BCUT2D eigenvalue weighted by Gasteiger charge is -2.08. The molecule has 0 saturated carbocycles. The average molecular weight is 270 g/mol. The molecule has 0 unspecified atom stereocenters. The molecule has 0 spiro atoms. The molecule has 0 aliphatic heterocycles. The summed E-state index contributed by atoms with van der Waals surface area (Å²) in [6.45, 7) is 3.78. The topological polar surface area (TPSA) is 50.4 Å². The third kappa shape index (κ3) is 5.63. The van der Waals surface area contributed by atoms with Crippen LogP contribution in [-0.2, 0) is 11.2 Å². The number of hydrazine groups is 1. The number of carbonyl (C=O) groups is 1. The van der Waals surface area contributed by atoms with Gasteiger partial charge < -0.3 is 4.74 Å². The van der Waals surface area contributed by atoms with Crippen LogP contribution in [0.5, 0.6) is 5.75 Å². The van der Waals surface area contributed by atoms with Crippen LogP contribution in [-0.4, -0.2) is 17.5 Å². The van der Waals surface area contributed by atoms with Crippen LogP contribution >= 0.6 is 12.2 Å². The fourth-order valence-electron chi connectivity index (χ4n) is 1.38. The first-order valence-electron chi connectivity index (χ1n) is 5.89. The van der Waals surface area contributed by atoms with E-state index in [4.69, 9.17) is 17.0 Å². The van der Waals surface area contributed by atoms with Gasteiger partial charge in [-0.05, 0) is 31.0 Å². The fraction of sp³-hybridized carbons (Fsp3) is 0.385. The summed E-state index contributed by atoms with van der Waals surface area (Å²) < 4.78 is 5.34. The molecule has 1 aromatic rings. The number of benzene rings is 1. The van der Waals surface area contributed by atoms with Crippen LogP contribution in [0.4, 0.5) is 0 Å². The highest BCUT2D eigenvalue weighted by atomic mass is 32.1. The van der Waals surface area contributed by atoms with Crippen molar-refractivity contribution in [2.45, 2.75) is 26.7 Å². The Labute approximate surface area is 116 Å². The molecule has 18 heavy (non-hydrogen) atoms. The SMILES string of the molecule is CCCc1ccc(OCC(=O)NNC(C)=S)cc1.[HH].[HH]. The highest BCUT2D eigenvalue weighted by Crippen LogP contribution is 2.13. The number of nitrogens with one attached hydrogen (secondary N) is 2. The number of ether oxygens (including phenoxy) is 1. The molecule has 0 fully saturated rings. The summed E-state index contributed by atoms with van der Waals surface area (Å²) in [6, 6.07) is 7.76. The number of carbonyl (C=O) groups excluding carboxylic acids is 1. The first kappa shape index (κ1) is 14.4. The summed E-state index contributed by atoms with van der Waals surface area (Å²) in [6.07, 6.45) is 2.17. The van der Waals surface area contributed by atoms with E-state index in [2.05, 4.69) is 17.8 Å². The van der Waals surface area contributed by atoms with E-state index in [-0.39, 0.29) is 15.4 Å². The second-order valence-corrected chi connectivity index (χ2v) is 4.52. The standard InChI is InChI=1S/C13H18N2O2S.2H2/c1-3-4-11-5-7-12(8-6-11)17-9-13(16)15-14-10(2)18;;/h5-8H,3-4,9H2,1-2H3,(H,14,18)(H,15,16);2*1H. The van der Waals surface area contributed by atoms with Gasteiger partial charge in [0.25, 0.3) is 5.91 Å². The van der Waals surface area contributed by atoms with Crippen molar-refractivity contribution in [3.63, 3.8) is 0 Å². The van der Waals surface area contributed by atoms with Crippen LogP contribution in [0.1, 0.15) is 28.7 Å². The molecule has 0 aliphatic rings. The summed E-state index contributed by atoms with van der Waals surface area (Å²) in [5.41, 5.74) is 6.26. The van der Waals surface area contributed by atoms with E-state index in [0.29, 0.717) is 10.7 Å². The Bertz CT molecular complexity index is 413. The van der Waals surface area contributed by atoms with E-state index in [1.807, 2.05) is 24.3 Å². The van der Waals surface area contributed by atoms with Crippen molar-refractivity contribution in [3.05, 3.63) is 29.8 Å². The van der Waals surface area contributed by atoms with Gasteiger partial charge in [-0.3, -0.25) is 15.6 Å². The van der Waals surface area contributed by atoms with E-state index in [0.717, 1.165) is 12.8 Å². The molecule has 4 nitrogen and oxygen atoms in total. The van der Waals surface area contributed by atoms with Gasteiger partial charge in [-0.2, -0.15) is 0 Å². The van der Waals surface area contributed by atoms with Gasteiger partial charge in [0.2, 0.25) is 0 Å². The largest absolute Gasteiger partial charge is 0.484 e. The molecular formula is C13H22N2O2S. The highest BCUT2D eigenvalue weighted by Gasteiger charge is 2.02. The molecule has 0 aliphatic carbocycles. The lowest BCUT2D eigenvalue weighted by molar-refractivity contribution is -0.123. The zero-order valence-electron chi connectivity index (χ0n) is 10.7. The Morgan fingerprint density at radius 2 is 2.00 bits per heavy atom. The van der Waals surface area contributed by atoms with Crippen LogP contribution in [0.3, 0.4) is 0 Å². The molecule has 0 atom stereocenters. The number of rotatable bonds is 5. The Kier molecular flexibility index (Phi) is 6.14. The van der Waals surface area contributed by atoms with Crippen LogP contribution in [0.25, 0.3) is 0 Å². The normalized spacial score (nSPS) is 9.67. The first-order chi connectivity index (χ1) is 8.61. The fourth-order valence-corrected chi connectivity index (χ4v) is 1.43. The van der Waals surface area contributed by atoms with E-state index in [1.54, 1.807) is 6.92 Å². The number of thiocarbonyl (C=S) groups is 1. The monoisotopic (exact) mass is 270 g/mol. The maximum absolute atomic E-state index is 11.3. The van der Waals surface area contributed by atoms with Crippen molar-refractivity contribution in [3.8, 4) is 5.75 Å². The summed E-state index contributed by atoms with van der Waals surface area (Å²) in [4.78, 5) is 11.8. The van der Waals surface area contributed by atoms with Gasteiger partial charge in [0, 0.05) is 2.85 Å². The average Bonchev–Trinajstić information content (AvgIpc) is 2.36. The Morgan fingerprint density at radius 1 is 1.33 bits per heavy atom. The molecular weight excluding hydrogens is 248 g/mol. The van der Waals surface area contributed by atoms with Crippen LogP contribution in [0.15, 0.2) is 24.3 Å². The van der Waals surface area contributed by atoms with Crippen molar-refractivity contribution in [2.75, 3.05) is 6.61 Å². The molecule has 5 heteroatoms. The van der Waals surface area contributed by atoms with Gasteiger partial charge in [-0.1, -0.05) is 37.7 Å². The second kappa shape index (κ2) is 7.66. The van der Waals surface area contributed by atoms with E-state index >= 15 is 0 Å². The van der Waals surface area contributed by atoms with E-state index < -0.39 is 0 Å². The van der Waals surface area contributed by atoms with Crippen LogP contribution in [0.2, 0.25) is 0 Å². The van der Waals surface area contributed by atoms with Crippen molar-refractivity contribution in [1.82, 2.24) is 10.9 Å². The van der Waals surface area contributed by atoms with Gasteiger partial charge in [0.15, 0.2) is 6.61 Å². The number of hydrogen-bond acceptors (Lipinski definition) is 3. The Morgan fingerprint density at radius 3 is 2.56 bits per heavy atom. The lowest BCUT2D eigenvalue weighted by atomic mass is 10.1. The third-order valence-corrected chi connectivity index (χ3v) is 2.31. The molecule has 0 aromatic heterocycles. The smallest absolute Gasteiger partial charge is 0.276 e. The summed E-state index contributed by atoms with van der Waals surface area (Å²) in [5, 5.41) is 0. The summed E-state index contributed by atoms with van der Waals surface area (Å²) in [5.74, 6) is 0.418. The molecule has 0 radical (unpaired) electrons. The molecule has 2 N–H and O–H groups in total. The van der Waals surface area contributed by atoms with Crippen molar-refractivity contribution in [2.24, 2.45) is 0 Å². The zero-order chi connectivity index (χ0) is 13.4. The van der Waals surface area contributed by atoms with Gasteiger partial charge in [0.1, 0.15) is 5.75 Å². The highest BCUT2D eigenvalue weighted by molar-refractivity contribution is 7.80. The quantitative estimate of drug-likeness (QED) is 0.637. The van der Waals surface area contributed by atoms with Crippen molar-refractivity contribution < 1.29 is 12.4 Å². The molecule has 0 heterocycles. The Balaban J connectivity index is 0. The molecule has 1 aromatic carbocycles. The number of amides is 1. The van der Waals surface area contributed by atoms with E-state index in [1.165, 1.54) is 5.56 Å². The second-order valence-electron chi connectivity index (χ2n) is 3.91. The van der Waals surface area contributed by atoms with Crippen LogP contribution in [0, 0.1) is 0 Å². The number of aryl methyl sites for hydroxylation is 1.